The second-order valence-corrected chi connectivity index (χ2v) is 8.29. The van der Waals surface area contributed by atoms with Crippen LogP contribution in [-0.4, -0.2) is 30.4 Å². The van der Waals surface area contributed by atoms with Gasteiger partial charge in [0.05, 0.1) is 10.6 Å². The lowest BCUT2D eigenvalue weighted by molar-refractivity contribution is -0.134. The van der Waals surface area contributed by atoms with Crippen molar-refractivity contribution in [1.29, 1.82) is 0 Å². The van der Waals surface area contributed by atoms with Crippen LogP contribution in [0, 0.1) is 0 Å². The molecular formula is C19H19N3O6S2. The van der Waals surface area contributed by atoms with Crippen LogP contribution in [0.1, 0.15) is 13.8 Å². The number of aromatic nitrogens is 1. The first kappa shape index (κ1) is 23.0. The Morgan fingerprint density at radius 3 is 2.13 bits per heavy atom. The van der Waals surface area contributed by atoms with Crippen molar-refractivity contribution in [3.63, 3.8) is 0 Å². The summed E-state index contributed by atoms with van der Waals surface area (Å²) in [6.07, 6.45) is 0. The number of esters is 1. The van der Waals surface area contributed by atoms with Crippen molar-refractivity contribution in [2.75, 3.05) is 5.32 Å². The van der Waals surface area contributed by atoms with Crippen molar-refractivity contribution in [2.45, 2.75) is 18.7 Å². The first-order valence-corrected chi connectivity index (χ1v) is 10.8. The largest absolute Gasteiger partial charge is 0.481 e. The molecule has 3 aromatic rings. The highest BCUT2D eigenvalue weighted by atomic mass is 32.2. The van der Waals surface area contributed by atoms with Gasteiger partial charge in [0.25, 0.3) is 5.97 Å². The molecule has 0 aliphatic heterocycles. The summed E-state index contributed by atoms with van der Waals surface area (Å²) in [6, 6.07) is 13.1. The Bertz CT molecular complexity index is 1120. The third-order valence-electron chi connectivity index (χ3n) is 3.35. The third-order valence-corrected chi connectivity index (χ3v) is 5.04. The van der Waals surface area contributed by atoms with Crippen LogP contribution < -0.4 is 15.2 Å². The van der Waals surface area contributed by atoms with E-state index in [-0.39, 0.29) is 10.9 Å². The highest BCUT2D eigenvalue weighted by Crippen LogP contribution is 2.28. The molecule has 0 fully saturated rings. The van der Waals surface area contributed by atoms with Crippen LogP contribution in [0.5, 0.6) is 5.75 Å². The molecule has 1 aromatic heterocycles. The summed E-state index contributed by atoms with van der Waals surface area (Å²) in [5.41, 5.74) is 2.35. The second kappa shape index (κ2) is 9.96. The van der Waals surface area contributed by atoms with Gasteiger partial charge in [-0.05, 0) is 48.5 Å². The molecule has 4 N–H and O–H groups in total. The van der Waals surface area contributed by atoms with Crippen molar-refractivity contribution in [3.05, 3.63) is 53.9 Å². The average Bonchev–Trinajstić information content (AvgIpc) is 3.09. The molecule has 11 heteroatoms. The maximum Gasteiger partial charge on any atom is 0.308 e. The highest BCUT2D eigenvalue weighted by Gasteiger charge is 2.09. The molecular weight excluding hydrogens is 430 g/mol. The van der Waals surface area contributed by atoms with Crippen molar-refractivity contribution >= 4 is 44.1 Å². The van der Waals surface area contributed by atoms with Crippen LogP contribution in [0.4, 0.5) is 10.8 Å². The molecule has 0 saturated heterocycles. The number of anilines is 2. The van der Waals surface area contributed by atoms with Crippen molar-refractivity contribution in [3.8, 4) is 17.0 Å². The fourth-order valence-electron chi connectivity index (χ4n) is 2.17. The zero-order valence-electron chi connectivity index (χ0n) is 16.0. The Labute approximate surface area is 177 Å². The number of hydrogen-bond acceptors (Lipinski definition) is 8. The Kier molecular flexibility index (Phi) is 7.64. The lowest BCUT2D eigenvalue weighted by Crippen LogP contribution is -2.11. The van der Waals surface area contributed by atoms with Gasteiger partial charge in [0.2, 0.25) is 10.0 Å². The van der Waals surface area contributed by atoms with Gasteiger partial charge in [0.15, 0.2) is 5.13 Å². The smallest absolute Gasteiger partial charge is 0.308 e. The summed E-state index contributed by atoms with van der Waals surface area (Å²) in [5, 5.41) is 18.2. The number of rotatable bonds is 5. The van der Waals surface area contributed by atoms with Gasteiger partial charge in [-0.3, -0.25) is 9.59 Å². The Morgan fingerprint density at radius 2 is 1.63 bits per heavy atom. The van der Waals surface area contributed by atoms with Crippen LogP contribution in [0.25, 0.3) is 11.3 Å². The summed E-state index contributed by atoms with van der Waals surface area (Å²) in [4.78, 5) is 24.5. The molecule has 0 aliphatic rings. The third kappa shape index (κ3) is 7.28. The van der Waals surface area contributed by atoms with Gasteiger partial charge in [0, 0.05) is 30.5 Å². The summed E-state index contributed by atoms with van der Waals surface area (Å²) < 4.78 is 27.5. The molecule has 30 heavy (non-hydrogen) atoms. The minimum absolute atomic E-state index is 0.0516. The van der Waals surface area contributed by atoms with E-state index < -0.39 is 16.0 Å². The number of carbonyl (C=O) groups excluding carboxylic acids is 1. The normalized spacial score (nSPS) is 10.5. The number of carbonyl (C=O) groups is 2. The van der Waals surface area contributed by atoms with E-state index in [1.807, 2.05) is 17.5 Å². The van der Waals surface area contributed by atoms with Crippen LogP contribution in [0.2, 0.25) is 0 Å². The molecule has 158 valence electrons. The molecule has 9 nitrogen and oxygen atoms in total. The predicted octanol–water partition coefficient (Wildman–Crippen LogP) is 3.22. The number of thiazole rings is 1. The second-order valence-electron chi connectivity index (χ2n) is 5.87. The highest BCUT2D eigenvalue weighted by molar-refractivity contribution is 7.89. The van der Waals surface area contributed by atoms with Gasteiger partial charge in [-0.1, -0.05) is 0 Å². The van der Waals surface area contributed by atoms with E-state index >= 15 is 0 Å². The van der Waals surface area contributed by atoms with Crippen LogP contribution in [0.15, 0.2) is 58.8 Å². The van der Waals surface area contributed by atoms with E-state index in [2.05, 4.69) is 10.3 Å². The number of aliphatic carboxylic acids is 1. The number of sulfonamides is 1. The van der Waals surface area contributed by atoms with Crippen molar-refractivity contribution in [1.82, 2.24) is 4.98 Å². The number of nitrogens with one attached hydrogen (secondary N) is 1. The Morgan fingerprint density at radius 1 is 1.07 bits per heavy atom. The van der Waals surface area contributed by atoms with Gasteiger partial charge < -0.3 is 15.2 Å². The fraction of sp³-hybridized carbons (Fsp3) is 0.105. The minimum atomic E-state index is -3.71. The number of benzene rings is 2. The molecule has 0 amide bonds. The lowest BCUT2D eigenvalue weighted by atomic mass is 10.2. The maximum absolute atomic E-state index is 11.3. The number of carboxylic acids is 1. The fourth-order valence-corrected chi connectivity index (χ4v) is 3.43. The topological polar surface area (TPSA) is 149 Å². The number of nitrogens with zero attached hydrogens (tertiary/aromatic N) is 1. The zero-order valence-corrected chi connectivity index (χ0v) is 17.7. The average molecular weight is 450 g/mol. The standard InChI is InChI=1S/C17H15N3O4S2.C2H4O2/c1-11(21)24-14-6-2-12(3-7-14)16-10-25-17(20-16)19-13-4-8-15(9-5-13)26(18,22)23;1-2(3)4/h2-10H,1H3,(H,19,20)(H2,18,22,23);1H3,(H,3,4). The van der Waals surface area contributed by atoms with Gasteiger partial charge in [-0.2, -0.15) is 0 Å². The van der Waals surface area contributed by atoms with E-state index in [4.69, 9.17) is 19.8 Å². The summed E-state index contributed by atoms with van der Waals surface area (Å²) >= 11 is 1.41. The Hall–Kier alpha value is -3.28. The van der Waals surface area contributed by atoms with Crippen molar-refractivity contribution < 1.29 is 27.9 Å². The zero-order chi connectivity index (χ0) is 22.3. The minimum Gasteiger partial charge on any atom is -0.481 e. The van der Waals surface area contributed by atoms with E-state index in [0.717, 1.165) is 18.2 Å². The first-order chi connectivity index (χ1) is 14.0. The molecule has 0 spiro atoms. The van der Waals surface area contributed by atoms with Gasteiger partial charge in [0.1, 0.15) is 5.75 Å². The monoisotopic (exact) mass is 449 g/mol. The van der Waals surface area contributed by atoms with Gasteiger partial charge >= 0.3 is 5.97 Å². The lowest BCUT2D eigenvalue weighted by Gasteiger charge is -2.04. The van der Waals surface area contributed by atoms with E-state index in [9.17, 15) is 13.2 Å². The number of carboxylic acid groups (broad SMARTS) is 1. The first-order valence-electron chi connectivity index (χ1n) is 8.38. The number of hydrogen-bond donors (Lipinski definition) is 3. The SMILES string of the molecule is CC(=O)O.CC(=O)Oc1ccc(-c2csc(Nc3ccc(S(N)(=O)=O)cc3)n2)cc1. The molecule has 0 aliphatic carbocycles. The summed E-state index contributed by atoms with van der Waals surface area (Å²) in [6.45, 7) is 2.43. The molecule has 0 atom stereocenters. The number of ether oxygens (including phenoxy) is 1. The summed E-state index contributed by atoms with van der Waals surface area (Å²) in [5.74, 6) is -0.726. The van der Waals surface area contributed by atoms with Crippen LogP contribution in [0.3, 0.4) is 0 Å². The maximum atomic E-state index is 11.3. The van der Waals surface area contributed by atoms with E-state index in [1.54, 1.807) is 24.3 Å². The van der Waals surface area contributed by atoms with Crippen LogP contribution >= 0.6 is 11.3 Å². The molecule has 0 bridgehead atoms. The quantitative estimate of drug-likeness (QED) is 0.397. The molecule has 0 saturated carbocycles. The van der Waals surface area contributed by atoms with Gasteiger partial charge in [-0.15, -0.1) is 11.3 Å². The van der Waals surface area contributed by atoms with Gasteiger partial charge in [-0.25, -0.2) is 18.5 Å². The molecule has 1 heterocycles. The predicted molar refractivity (Wildman–Crippen MR) is 113 cm³/mol. The number of primary sulfonamides is 1. The summed E-state index contributed by atoms with van der Waals surface area (Å²) in [7, 11) is -3.71. The molecule has 0 unspecified atom stereocenters. The molecule has 2 aromatic carbocycles. The van der Waals surface area contributed by atoms with Crippen molar-refractivity contribution in [2.24, 2.45) is 5.14 Å². The molecule has 0 radical (unpaired) electrons. The molecule has 3 rings (SSSR count). The Balaban J connectivity index is 0.000000735. The van der Waals surface area contributed by atoms with E-state index in [1.165, 1.54) is 30.4 Å². The van der Waals surface area contributed by atoms with Crippen LogP contribution in [-0.2, 0) is 19.6 Å². The number of nitrogens with two attached hydrogens (primary N) is 1. The van der Waals surface area contributed by atoms with E-state index in [0.29, 0.717) is 16.6 Å².